The van der Waals surface area contributed by atoms with Crippen molar-refractivity contribution in [2.24, 2.45) is 0 Å². The second kappa shape index (κ2) is 5.93. The molecule has 112 valence electrons. The molecule has 0 radical (unpaired) electrons. The number of sulfonamides is 1. The molecule has 1 heterocycles. The van der Waals surface area contributed by atoms with Crippen LogP contribution in [0.1, 0.15) is 13.8 Å². The van der Waals surface area contributed by atoms with Crippen LogP contribution < -0.4 is 5.73 Å². The van der Waals surface area contributed by atoms with E-state index >= 15 is 0 Å². The number of nitrogens with zero attached hydrogens (tertiary/aromatic N) is 1. The summed E-state index contributed by atoms with van der Waals surface area (Å²) in [4.78, 5) is -0.0546. The van der Waals surface area contributed by atoms with Gasteiger partial charge in [0, 0.05) is 29.3 Å². The van der Waals surface area contributed by atoms with Gasteiger partial charge in [-0.15, -0.1) is 0 Å². The van der Waals surface area contributed by atoms with Gasteiger partial charge in [0.15, 0.2) is 0 Å². The molecule has 20 heavy (non-hydrogen) atoms. The van der Waals surface area contributed by atoms with Crippen LogP contribution in [0.25, 0.3) is 0 Å². The van der Waals surface area contributed by atoms with Crippen molar-refractivity contribution < 1.29 is 8.42 Å². The van der Waals surface area contributed by atoms with Crippen LogP contribution in [-0.2, 0) is 10.0 Å². The molecule has 0 aromatic heterocycles. The Hall–Kier alpha value is -0.140. The zero-order chi connectivity index (χ0) is 15.1. The van der Waals surface area contributed by atoms with Gasteiger partial charge in [-0.3, -0.25) is 0 Å². The molecule has 1 aliphatic rings. The van der Waals surface area contributed by atoms with Crippen molar-refractivity contribution in [1.29, 1.82) is 0 Å². The highest BCUT2D eigenvalue weighted by Gasteiger charge is 2.37. The molecule has 2 N–H and O–H groups in total. The summed E-state index contributed by atoms with van der Waals surface area (Å²) >= 11 is 13.9. The fourth-order valence-electron chi connectivity index (χ4n) is 2.19. The van der Waals surface area contributed by atoms with Crippen LogP contribution in [-0.4, -0.2) is 36.3 Å². The standard InChI is InChI=1S/C12H16Cl2N2O2S2/c1-7-8(2)19-4-3-16(7)20(17,18)12-10(13)5-9(15)6-11(12)14/h5-8H,3-4,15H2,1-2H3. The Kier molecular flexibility index (Phi) is 4.81. The maximum absolute atomic E-state index is 12.8. The first-order chi connectivity index (χ1) is 9.25. The fourth-order valence-corrected chi connectivity index (χ4v) is 6.37. The molecule has 2 atom stereocenters. The van der Waals surface area contributed by atoms with E-state index in [9.17, 15) is 8.42 Å². The van der Waals surface area contributed by atoms with Crippen molar-refractivity contribution in [2.75, 3.05) is 18.0 Å². The molecule has 1 fully saturated rings. The van der Waals surface area contributed by atoms with Gasteiger partial charge < -0.3 is 5.73 Å². The van der Waals surface area contributed by atoms with Crippen molar-refractivity contribution in [2.45, 2.75) is 30.0 Å². The smallest absolute Gasteiger partial charge is 0.246 e. The summed E-state index contributed by atoms with van der Waals surface area (Å²) in [7, 11) is -3.72. The van der Waals surface area contributed by atoms with Crippen molar-refractivity contribution in [3.05, 3.63) is 22.2 Å². The van der Waals surface area contributed by atoms with Crippen molar-refractivity contribution in [3.8, 4) is 0 Å². The van der Waals surface area contributed by atoms with E-state index in [1.165, 1.54) is 16.4 Å². The van der Waals surface area contributed by atoms with Gasteiger partial charge in [-0.1, -0.05) is 30.1 Å². The van der Waals surface area contributed by atoms with E-state index in [1.807, 2.05) is 13.8 Å². The summed E-state index contributed by atoms with van der Waals surface area (Å²) < 4.78 is 27.1. The van der Waals surface area contributed by atoms with Crippen LogP contribution in [0.4, 0.5) is 5.69 Å². The maximum Gasteiger partial charge on any atom is 0.246 e. The van der Waals surface area contributed by atoms with Crippen molar-refractivity contribution >= 4 is 50.7 Å². The Morgan fingerprint density at radius 1 is 1.30 bits per heavy atom. The van der Waals surface area contributed by atoms with Gasteiger partial charge in [0.2, 0.25) is 10.0 Å². The summed E-state index contributed by atoms with van der Waals surface area (Å²) in [6, 6.07) is 2.71. The largest absolute Gasteiger partial charge is 0.399 e. The Labute approximate surface area is 133 Å². The van der Waals surface area contributed by atoms with Crippen LogP contribution in [0.3, 0.4) is 0 Å². The molecular weight excluding hydrogens is 339 g/mol. The summed E-state index contributed by atoms with van der Waals surface area (Å²) in [5, 5.41) is 0.353. The second-order valence-corrected chi connectivity index (χ2v) is 8.87. The lowest BCUT2D eigenvalue weighted by atomic mass is 10.2. The molecule has 1 aliphatic heterocycles. The van der Waals surface area contributed by atoms with E-state index in [0.29, 0.717) is 12.2 Å². The third-order valence-corrected chi connectivity index (χ3v) is 7.66. The molecular formula is C12H16Cl2N2O2S2. The number of anilines is 1. The molecule has 2 rings (SSSR count). The van der Waals surface area contributed by atoms with Crippen molar-refractivity contribution in [3.63, 3.8) is 0 Å². The molecule has 0 amide bonds. The SMILES string of the molecule is CC1SCCN(S(=O)(=O)c2c(Cl)cc(N)cc2Cl)C1C. The van der Waals surface area contributed by atoms with Gasteiger partial charge in [0.1, 0.15) is 4.90 Å². The number of benzene rings is 1. The Bertz CT molecular complexity index is 599. The highest BCUT2D eigenvalue weighted by atomic mass is 35.5. The van der Waals surface area contributed by atoms with Crippen LogP contribution >= 0.6 is 35.0 Å². The lowest BCUT2D eigenvalue weighted by Crippen LogP contribution is -2.47. The molecule has 1 saturated heterocycles. The molecule has 1 aromatic rings. The zero-order valence-electron chi connectivity index (χ0n) is 11.1. The van der Waals surface area contributed by atoms with E-state index in [4.69, 9.17) is 28.9 Å². The number of hydrogen-bond donors (Lipinski definition) is 1. The Morgan fingerprint density at radius 3 is 2.40 bits per heavy atom. The predicted molar refractivity (Wildman–Crippen MR) is 86.1 cm³/mol. The highest BCUT2D eigenvalue weighted by Crippen LogP contribution is 2.37. The first kappa shape index (κ1) is 16.2. The van der Waals surface area contributed by atoms with Gasteiger partial charge in [-0.2, -0.15) is 16.1 Å². The van der Waals surface area contributed by atoms with Crippen LogP contribution in [0, 0.1) is 0 Å². The number of halogens is 2. The summed E-state index contributed by atoms with van der Waals surface area (Å²) in [6.07, 6.45) is 0. The minimum Gasteiger partial charge on any atom is -0.399 e. The summed E-state index contributed by atoms with van der Waals surface area (Å²) in [6.45, 7) is 4.37. The predicted octanol–water partition coefficient (Wildman–Crippen LogP) is 3.09. The Balaban J connectivity index is 2.50. The minimum atomic E-state index is -3.72. The van der Waals surface area contributed by atoms with Gasteiger partial charge in [0.25, 0.3) is 0 Å². The normalized spacial score (nSPS) is 24.8. The third kappa shape index (κ3) is 2.90. The van der Waals surface area contributed by atoms with E-state index in [2.05, 4.69) is 0 Å². The Morgan fingerprint density at radius 2 is 1.85 bits per heavy atom. The molecule has 0 bridgehead atoms. The quantitative estimate of drug-likeness (QED) is 0.828. The van der Waals surface area contributed by atoms with Gasteiger partial charge >= 0.3 is 0 Å². The number of hydrogen-bond acceptors (Lipinski definition) is 4. The number of nitrogen functional groups attached to an aromatic ring is 1. The van der Waals surface area contributed by atoms with Crippen LogP contribution in [0.15, 0.2) is 17.0 Å². The van der Waals surface area contributed by atoms with Crippen molar-refractivity contribution in [1.82, 2.24) is 4.31 Å². The average molecular weight is 355 g/mol. The first-order valence-corrected chi connectivity index (χ1v) is 9.37. The van der Waals surface area contributed by atoms with Crippen LogP contribution in [0.2, 0.25) is 10.0 Å². The fraction of sp³-hybridized carbons (Fsp3) is 0.500. The zero-order valence-corrected chi connectivity index (χ0v) is 14.3. The number of nitrogens with two attached hydrogens (primary N) is 1. The second-order valence-electron chi connectivity index (χ2n) is 4.75. The van der Waals surface area contributed by atoms with E-state index < -0.39 is 10.0 Å². The molecule has 8 heteroatoms. The number of rotatable bonds is 2. The average Bonchev–Trinajstić information content (AvgIpc) is 2.30. The number of thioether (sulfide) groups is 1. The lowest BCUT2D eigenvalue weighted by molar-refractivity contribution is 0.340. The van der Waals surface area contributed by atoms with Crippen LogP contribution in [0.5, 0.6) is 0 Å². The minimum absolute atomic E-state index is 0.0546. The van der Waals surface area contributed by atoms with E-state index in [1.54, 1.807) is 11.8 Å². The van der Waals surface area contributed by atoms with Gasteiger partial charge in [-0.05, 0) is 19.1 Å². The third-order valence-electron chi connectivity index (χ3n) is 3.41. The van der Waals surface area contributed by atoms with Gasteiger partial charge in [-0.25, -0.2) is 8.42 Å². The first-order valence-electron chi connectivity index (χ1n) is 6.13. The summed E-state index contributed by atoms with van der Waals surface area (Å²) in [5.74, 6) is 0.759. The molecule has 0 aliphatic carbocycles. The summed E-state index contributed by atoms with van der Waals surface area (Å²) in [5.41, 5.74) is 5.96. The topological polar surface area (TPSA) is 63.4 Å². The molecule has 1 aromatic carbocycles. The lowest BCUT2D eigenvalue weighted by Gasteiger charge is -2.36. The van der Waals surface area contributed by atoms with Gasteiger partial charge in [0.05, 0.1) is 10.0 Å². The van der Waals surface area contributed by atoms with E-state index in [0.717, 1.165) is 5.75 Å². The van der Waals surface area contributed by atoms with E-state index in [-0.39, 0.29) is 26.2 Å². The monoisotopic (exact) mass is 354 g/mol. The molecule has 2 unspecified atom stereocenters. The molecule has 0 spiro atoms. The molecule has 4 nitrogen and oxygen atoms in total. The highest BCUT2D eigenvalue weighted by molar-refractivity contribution is 8.00. The maximum atomic E-state index is 12.8. The molecule has 0 saturated carbocycles.